The Balaban J connectivity index is 1.57. The van der Waals surface area contributed by atoms with Crippen molar-refractivity contribution in [1.82, 2.24) is 9.55 Å². The van der Waals surface area contributed by atoms with E-state index in [1.165, 1.54) is 11.8 Å². The van der Waals surface area contributed by atoms with Gasteiger partial charge in [-0.3, -0.25) is 14.2 Å². The SMILES string of the molecule is CCOc1ccc(NC(=O)CSc2nc3ccccc3c(=O)n2-c2ccccc2)cc1. The van der Waals surface area contributed by atoms with Gasteiger partial charge in [0.25, 0.3) is 5.56 Å². The molecule has 0 radical (unpaired) electrons. The third-order valence-corrected chi connectivity index (χ3v) is 5.48. The molecule has 156 valence electrons. The zero-order valence-corrected chi connectivity index (χ0v) is 17.8. The highest BCUT2D eigenvalue weighted by Crippen LogP contribution is 2.22. The van der Waals surface area contributed by atoms with Crippen LogP contribution in [0.3, 0.4) is 0 Å². The molecule has 0 aliphatic heterocycles. The van der Waals surface area contributed by atoms with E-state index in [1.807, 2.05) is 61.5 Å². The number of hydrogen-bond donors (Lipinski definition) is 1. The average molecular weight is 432 g/mol. The van der Waals surface area contributed by atoms with E-state index in [4.69, 9.17) is 4.74 Å². The summed E-state index contributed by atoms with van der Waals surface area (Å²) in [5.41, 5.74) is 1.83. The van der Waals surface area contributed by atoms with Crippen molar-refractivity contribution >= 4 is 34.3 Å². The average Bonchev–Trinajstić information content (AvgIpc) is 2.80. The summed E-state index contributed by atoms with van der Waals surface area (Å²) in [4.78, 5) is 30.3. The number of thioether (sulfide) groups is 1. The number of benzene rings is 3. The number of hydrogen-bond acceptors (Lipinski definition) is 5. The first-order valence-electron chi connectivity index (χ1n) is 9.88. The van der Waals surface area contributed by atoms with Gasteiger partial charge in [0.05, 0.1) is 29.0 Å². The van der Waals surface area contributed by atoms with Crippen LogP contribution in [0.5, 0.6) is 5.75 Å². The highest BCUT2D eigenvalue weighted by molar-refractivity contribution is 7.99. The van der Waals surface area contributed by atoms with Crippen molar-refractivity contribution in [3.8, 4) is 11.4 Å². The third kappa shape index (κ3) is 4.78. The predicted octanol–water partition coefficient (Wildman–Crippen LogP) is 4.52. The molecule has 7 heteroatoms. The summed E-state index contributed by atoms with van der Waals surface area (Å²) in [5.74, 6) is 0.684. The number of ether oxygens (including phenoxy) is 1. The van der Waals surface area contributed by atoms with Gasteiger partial charge in [-0.2, -0.15) is 0 Å². The molecule has 0 saturated carbocycles. The number of nitrogens with one attached hydrogen (secondary N) is 1. The van der Waals surface area contributed by atoms with Crippen molar-refractivity contribution in [2.75, 3.05) is 17.7 Å². The molecule has 0 saturated heterocycles. The molecule has 4 rings (SSSR count). The summed E-state index contributed by atoms with van der Waals surface area (Å²) in [5, 5.41) is 3.87. The van der Waals surface area contributed by atoms with Crippen LogP contribution in [0.4, 0.5) is 5.69 Å². The van der Waals surface area contributed by atoms with Gasteiger partial charge in [0.1, 0.15) is 5.75 Å². The quantitative estimate of drug-likeness (QED) is 0.344. The fraction of sp³-hybridized carbons (Fsp3) is 0.125. The summed E-state index contributed by atoms with van der Waals surface area (Å²) in [6.07, 6.45) is 0. The van der Waals surface area contributed by atoms with E-state index >= 15 is 0 Å². The molecule has 1 aromatic heterocycles. The van der Waals surface area contributed by atoms with Gasteiger partial charge in [-0.15, -0.1) is 0 Å². The zero-order valence-electron chi connectivity index (χ0n) is 16.9. The van der Waals surface area contributed by atoms with Crippen molar-refractivity contribution in [2.45, 2.75) is 12.1 Å². The van der Waals surface area contributed by atoms with Crippen molar-refractivity contribution in [3.05, 3.63) is 89.2 Å². The van der Waals surface area contributed by atoms with E-state index in [0.717, 1.165) is 5.75 Å². The van der Waals surface area contributed by atoms with Crippen molar-refractivity contribution < 1.29 is 9.53 Å². The molecule has 3 aromatic carbocycles. The number of fused-ring (bicyclic) bond motifs is 1. The molecule has 4 aromatic rings. The standard InChI is InChI=1S/C24H21N3O3S/c1-2-30-19-14-12-17(13-15-19)25-22(28)16-31-24-26-21-11-7-6-10-20(21)23(29)27(24)18-8-4-3-5-9-18/h3-15H,2,16H2,1H3,(H,25,28). The first kappa shape index (κ1) is 20.7. The first-order chi connectivity index (χ1) is 15.2. The zero-order chi connectivity index (χ0) is 21.6. The Hall–Kier alpha value is -3.58. The number of para-hydroxylation sites is 2. The molecule has 1 N–H and O–H groups in total. The molecule has 1 amide bonds. The number of anilines is 1. The molecule has 1 heterocycles. The van der Waals surface area contributed by atoms with E-state index < -0.39 is 0 Å². The van der Waals surface area contributed by atoms with E-state index in [2.05, 4.69) is 10.3 Å². The molecule has 0 aliphatic carbocycles. The second-order valence-corrected chi connectivity index (χ2v) is 7.62. The predicted molar refractivity (Wildman–Crippen MR) is 124 cm³/mol. The van der Waals surface area contributed by atoms with E-state index in [0.29, 0.717) is 34.0 Å². The fourth-order valence-electron chi connectivity index (χ4n) is 3.14. The maximum atomic E-state index is 13.2. The van der Waals surface area contributed by atoms with Crippen LogP contribution in [0.15, 0.2) is 88.8 Å². The lowest BCUT2D eigenvalue weighted by molar-refractivity contribution is -0.113. The fourth-order valence-corrected chi connectivity index (χ4v) is 3.95. The van der Waals surface area contributed by atoms with Crippen molar-refractivity contribution in [2.24, 2.45) is 0 Å². The summed E-state index contributed by atoms with van der Waals surface area (Å²) < 4.78 is 6.97. The first-order valence-corrected chi connectivity index (χ1v) is 10.9. The third-order valence-electron chi connectivity index (χ3n) is 4.54. The lowest BCUT2D eigenvalue weighted by Gasteiger charge is -2.13. The lowest BCUT2D eigenvalue weighted by atomic mass is 10.2. The Morgan fingerprint density at radius 1 is 1.00 bits per heavy atom. The number of carbonyl (C=O) groups excluding carboxylic acids is 1. The Morgan fingerprint density at radius 2 is 1.71 bits per heavy atom. The van der Waals surface area contributed by atoms with Gasteiger partial charge in [-0.25, -0.2) is 4.98 Å². The van der Waals surface area contributed by atoms with Gasteiger partial charge < -0.3 is 10.1 Å². The Kier molecular flexibility index (Phi) is 6.33. The van der Waals surface area contributed by atoms with Gasteiger partial charge in [0, 0.05) is 5.69 Å². The number of amides is 1. The minimum absolute atomic E-state index is 0.116. The summed E-state index contributed by atoms with van der Waals surface area (Å²) in [6.45, 7) is 2.51. The van der Waals surface area contributed by atoms with Crippen LogP contribution in [0.25, 0.3) is 16.6 Å². The van der Waals surface area contributed by atoms with E-state index in [1.54, 1.807) is 28.8 Å². The van der Waals surface area contributed by atoms with Crippen LogP contribution in [0, 0.1) is 0 Å². The van der Waals surface area contributed by atoms with Gasteiger partial charge in [-0.1, -0.05) is 42.1 Å². The highest BCUT2D eigenvalue weighted by Gasteiger charge is 2.14. The summed E-state index contributed by atoms with van der Waals surface area (Å²) in [7, 11) is 0. The van der Waals surface area contributed by atoms with E-state index in [9.17, 15) is 9.59 Å². The number of aromatic nitrogens is 2. The monoisotopic (exact) mass is 431 g/mol. The van der Waals surface area contributed by atoms with Crippen LogP contribution in [-0.2, 0) is 4.79 Å². The maximum absolute atomic E-state index is 13.2. The Morgan fingerprint density at radius 3 is 2.45 bits per heavy atom. The van der Waals surface area contributed by atoms with Gasteiger partial charge in [0.2, 0.25) is 5.91 Å². The van der Waals surface area contributed by atoms with Crippen molar-refractivity contribution in [3.63, 3.8) is 0 Å². The van der Waals surface area contributed by atoms with Gasteiger partial charge in [0.15, 0.2) is 5.16 Å². The molecular formula is C24H21N3O3S. The molecule has 0 fully saturated rings. The minimum Gasteiger partial charge on any atom is -0.494 e. The smallest absolute Gasteiger partial charge is 0.266 e. The van der Waals surface area contributed by atoms with Crippen molar-refractivity contribution in [1.29, 1.82) is 0 Å². The summed E-state index contributed by atoms with van der Waals surface area (Å²) in [6, 6.07) is 23.7. The molecule has 0 bridgehead atoms. The number of carbonyl (C=O) groups is 1. The normalized spacial score (nSPS) is 10.7. The van der Waals surface area contributed by atoms with Crippen LogP contribution in [-0.4, -0.2) is 27.8 Å². The largest absolute Gasteiger partial charge is 0.494 e. The topological polar surface area (TPSA) is 73.2 Å². The highest BCUT2D eigenvalue weighted by atomic mass is 32.2. The van der Waals surface area contributed by atoms with Crippen LogP contribution in [0.2, 0.25) is 0 Å². The Labute approximate surface area is 183 Å². The molecular weight excluding hydrogens is 410 g/mol. The molecule has 0 spiro atoms. The minimum atomic E-state index is -0.184. The molecule has 0 atom stereocenters. The second-order valence-electron chi connectivity index (χ2n) is 6.68. The van der Waals surface area contributed by atoms with Gasteiger partial charge in [-0.05, 0) is 55.5 Å². The Bertz CT molecular complexity index is 1250. The lowest BCUT2D eigenvalue weighted by Crippen LogP contribution is -2.22. The molecule has 31 heavy (non-hydrogen) atoms. The van der Waals surface area contributed by atoms with Crippen LogP contribution in [0.1, 0.15) is 6.92 Å². The maximum Gasteiger partial charge on any atom is 0.266 e. The second kappa shape index (κ2) is 9.49. The molecule has 0 unspecified atom stereocenters. The number of nitrogens with zero attached hydrogens (tertiary/aromatic N) is 2. The van der Waals surface area contributed by atoms with Crippen LogP contribution >= 0.6 is 11.8 Å². The summed E-state index contributed by atoms with van der Waals surface area (Å²) >= 11 is 1.22. The molecule has 6 nitrogen and oxygen atoms in total. The molecule has 0 aliphatic rings. The van der Waals surface area contributed by atoms with E-state index in [-0.39, 0.29) is 17.2 Å². The van der Waals surface area contributed by atoms with Crippen LogP contribution < -0.4 is 15.6 Å². The van der Waals surface area contributed by atoms with Gasteiger partial charge >= 0.3 is 0 Å². The number of rotatable bonds is 7.